The van der Waals surface area contributed by atoms with Gasteiger partial charge in [0, 0.05) is 12.8 Å². The van der Waals surface area contributed by atoms with Gasteiger partial charge < -0.3 is 28.5 Å². The molecule has 0 radical (unpaired) electrons. The molecule has 0 aromatic carbocycles. The first-order chi connectivity index (χ1) is 45.6. The highest BCUT2D eigenvalue weighted by Gasteiger charge is 2.25. The van der Waals surface area contributed by atoms with Crippen LogP contribution in [0.1, 0.15) is 232 Å². The Morgan fingerprint density at radius 2 is 0.581 bits per heavy atom. The number of hydrogen-bond acceptors (Lipinski definition) is 7. The molecule has 0 saturated heterocycles. The molecule has 0 aromatic heterocycles. The molecule has 0 amide bonds. The highest BCUT2D eigenvalue weighted by atomic mass is 16.7. The van der Waals surface area contributed by atoms with Crippen molar-refractivity contribution < 1.29 is 42.9 Å². The fourth-order valence-electron chi connectivity index (χ4n) is 8.82. The number of carbonyl (C=O) groups excluding carboxylic acids is 2. The summed E-state index contributed by atoms with van der Waals surface area (Å²) in [6.07, 6.45) is 110. The first-order valence-corrected chi connectivity index (χ1v) is 35.9. The maximum atomic E-state index is 13.0. The van der Waals surface area contributed by atoms with E-state index in [2.05, 4.69) is 233 Å². The second-order valence-corrected chi connectivity index (χ2v) is 24.1. The van der Waals surface area contributed by atoms with Crippen molar-refractivity contribution in [3.63, 3.8) is 0 Å². The first-order valence-electron chi connectivity index (χ1n) is 35.9. The number of rotatable bonds is 63. The van der Waals surface area contributed by atoms with Crippen molar-refractivity contribution in [2.45, 2.75) is 245 Å². The second-order valence-electron chi connectivity index (χ2n) is 24.1. The number of quaternary nitrogens is 1. The average molecular weight is 1280 g/mol. The van der Waals surface area contributed by atoms with Crippen molar-refractivity contribution in [1.29, 1.82) is 0 Å². The van der Waals surface area contributed by atoms with Crippen LogP contribution >= 0.6 is 0 Å². The van der Waals surface area contributed by atoms with Crippen LogP contribution in [0.5, 0.6) is 0 Å². The zero-order valence-corrected chi connectivity index (χ0v) is 59.1. The second kappa shape index (κ2) is 71.5. The Labute approximate surface area is 568 Å². The van der Waals surface area contributed by atoms with E-state index in [-0.39, 0.29) is 38.6 Å². The van der Waals surface area contributed by atoms with Gasteiger partial charge in [-0.1, -0.05) is 284 Å². The zero-order valence-electron chi connectivity index (χ0n) is 59.1. The fourth-order valence-corrected chi connectivity index (χ4v) is 8.82. The van der Waals surface area contributed by atoms with Crippen molar-refractivity contribution >= 4 is 17.9 Å². The molecular formula is C84H130NO8+. The van der Waals surface area contributed by atoms with Gasteiger partial charge in [0.2, 0.25) is 0 Å². The van der Waals surface area contributed by atoms with E-state index in [0.717, 1.165) is 167 Å². The van der Waals surface area contributed by atoms with Crippen LogP contribution in [0.15, 0.2) is 219 Å². The molecule has 9 heteroatoms. The molecule has 0 aliphatic carbocycles. The number of nitrogens with zero attached hydrogens (tertiary/aromatic N) is 1. The largest absolute Gasteiger partial charge is 0.477 e. The van der Waals surface area contributed by atoms with Gasteiger partial charge in [-0.3, -0.25) is 9.59 Å². The van der Waals surface area contributed by atoms with E-state index in [9.17, 15) is 19.5 Å². The average Bonchev–Trinajstić information content (AvgIpc) is 3.38. The molecule has 0 bridgehead atoms. The van der Waals surface area contributed by atoms with E-state index in [1.54, 1.807) is 0 Å². The van der Waals surface area contributed by atoms with Crippen LogP contribution in [-0.4, -0.2) is 87.4 Å². The van der Waals surface area contributed by atoms with Gasteiger partial charge in [-0.25, -0.2) is 4.79 Å². The molecule has 0 aliphatic rings. The summed E-state index contributed by atoms with van der Waals surface area (Å²) in [5.74, 6) is -2.08. The summed E-state index contributed by atoms with van der Waals surface area (Å²) in [4.78, 5) is 37.6. The van der Waals surface area contributed by atoms with Crippen molar-refractivity contribution in [2.24, 2.45) is 0 Å². The van der Waals surface area contributed by atoms with Gasteiger partial charge >= 0.3 is 17.9 Å². The molecule has 518 valence electrons. The van der Waals surface area contributed by atoms with Crippen LogP contribution in [0.2, 0.25) is 0 Å². The smallest absolute Gasteiger partial charge is 0.361 e. The summed E-state index contributed by atoms with van der Waals surface area (Å²) in [5.41, 5.74) is 0. The Hall–Kier alpha value is -6.39. The molecule has 0 fully saturated rings. The molecule has 0 rings (SSSR count). The number of carboxylic acid groups (broad SMARTS) is 1. The first kappa shape index (κ1) is 86.6. The summed E-state index contributed by atoms with van der Waals surface area (Å²) in [6, 6.07) is 0. The lowest BCUT2D eigenvalue weighted by Crippen LogP contribution is -2.40. The maximum absolute atomic E-state index is 13.0. The van der Waals surface area contributed by atoms with E-state index in [1.165, 1.54) is 25.7 Å². The maximum Gasteiger partial charge on any atom is 0.361 e. The zero-order chi connectivity index (χ0) is 67.5. The lowest BCUT2D eigenvalue weighted by atomic mass is 10.1. The van der Waals surface area contributed by atoms with Gasteiger partial charge in [0.05, 0.1) is 34.4 Å². The van der Waals surface area contributed by atoms with Crippen LogP contribution in [0.4, 0.5) is 0 Å². The number of allylic oxidation sites excluding steroid dienone is 36. The molecular weight excluding hydrogens is 1150 g/mol. The van der Waals surface area contributed by atoms with Gasteiger partial charge in [0.1, 0.15) is 13.2 Å². The molecule has 0 spiro atoms. The number of carboxylic acids is 1. The van der Waals surface area contributed by atoms with Crippen LogP contribution in [0, 0.1) is 0 Å². The minimum atomic E-state index is -1.54. The normalized spacial score (nSPS) is 14.0. The topological polar surface area (TPSA) is 108 Å². The molecule has 1 N–H and O–H groups in total. The highest BCUT2D eigenvalue weighted by Crippen LogP contribution is 2.14. The Bertz CT molecular complexity index is 2330. The third kappa shape index (κ3) is 72.9. The summed E-state index contributed by atoms with van der Waals surface area (Å²) >= 11 is 0. The third-order valence-corrected chi connectivity index (χ3v) is 14.2. The predicted octanol–water partition coefficient (Wildman–Crippen LogP) is 22.9. The standard InChI is InChI=1S/C84H129NO8/c1-6-8-10-12-14-16-18-20-22-24-26-28-30-32-34-36-37-38-39-40-41-42-43-44-45-47-49-51-53-55-57-59-61-63-65-67-69-71-73-75-82(87)93-80(79-92-84(83(88)89)90-77-76-85(3,4)5)78-91-81(86)74-72-70-68-66-64-62-60-58-56-54-52-50-48-46-35-33-31-29-27-25-23-21-19-17-15-13-11-9-7-2/h8-11,14-17,20-23,26-29,32-35,37-38,40-41,43-44,47-50,53-56,60,62,80,84H,6-7,12-13,18-19,24-25,30-31,36,39,42,45-46,51-52,57-59,61,63-79H2,1-5H3/p+1/b10-8-,11-9-,16-14-,17-15-,22-20-,23-21-,28-26-,29-27-,34-32-,35-33-,38-37-,41-40-,44-43-,49-47-,50-48-,55-53-,56-54-,62-60-. The van der Waals surface area contributed by atoms with Crippen LogP contribution < -0.4 is 0 Å². The lowest BCUT2D eigenvalue weighted by Gasteiger charge is -2.25. The van der Waals surface area contributed by atoms with E-state index in [1.807, 2.05) is 21.1 Å². The van der Waals surface area contributed by atoms with Crippen molar-refractivity contribution in [2.75, 3.05) is 47.5 Å². The lowest BCUT2D eigenvalue weighted by molar-refractivity contribution is -0.870. The Morgan fingerprint density at radius 1 is 0.323 bits per heavy atom. The van der Waals surface area contributed by atoms with E-state index in [0.29, 0.717) is 23.9 Å². The third-order valence-electron chi connectivity index (χ3n) is 14.2. The molecule has 93 heavy (non-hydrogen) atoms. The minimum absolute atomic E-state index is 0.169. The number of aliphatic carboxylic acids is 1. The summed E-state index contributed by atoms with van der Waals surface area (Å²) in [7, 11) is 5.95. The molecule has 2 atom stereocenters. The molecule has 0 heterocycles. The van der Waals surface area contributed by atoms with E-state index in [4.69, 9.17) is 18.9 Å². The monoisotopic (exact) mass is 1280 g/mol. The molecule has 0 aromatic rings. The van der Waals surface area contributed by atoms with E-state index < -0.39 is 24.3 Å². The molecule has 0 saturated carbocycles. The van der Waals surface area contributed by atoms with Crippen LogP contribution in [0.25, 0.3) is 0 Å². The summed E-state index contributed by atoms with van der Waals surface area (Å²) in [6.45, 7) is 4.58. The number of hydrogen-bond donors (Lipinski definition) is 1. The number of likely N-dealkylation sites (N-methyl/N-ethyl adjacent to an activating group) is 1. The Kier molecular flexibility index (Phi) is 66.5. The van der Waals surface area contributed by atoms with Crippen molar-refractivity contribution in [3.8, 4) is 0 Å². The Balaban J connectivity index is 4.27. The number of carbonyl (C=O) groups is 3. The predicted molar refractivity (Wildman–Crippen MR) is 400 cm³/mol. The number of ether oxygens (including phenoxy) is 4. The highest BCUT2D eigenvalue weighted by molar-refractivity contribution is 5.71. The van der Waals surface area contributed by atoms with Gasteiger partial charge in [-0.15, -0.1) is 0 Å². The van der Waals surface area contributed by atoms with Crippen LogP contribution in [0.3, 0.4) is 0 Å². The SMILES string of the molecule is CC/C=C\C/C=C\C/C=C\C/C=C\C/C=C\C/C=C\C/C=C\C/C=C\C/C=C\C/C=C\CCCCCCCCCCC(=O)OC(COC(=O)CCCCCC/C=C\C/C=C\C/C=C\C/C=C\C/C=C\C/C=C\C/C=C\C/C=C\CC)COC(OCC[N+](C)(C)C)C(=O)O. The van der Waals surface area contributed by atoms with Gasteiger partial charge in [0.25, 0.3) is 6.29 Å². The number of unbranched alkanes of at least 4 members (excludes halogenated alkanes) is 12. The molecule has 9 nitrogen and oxygen atoms in total. The van der Waals surface area contributed by atoms with Crippen molar-refractivity contribution in [3.05, 3.63) is 219 Å². The minimum Gasteiger partial charge on any atom is -0.477 e. The van der Waals surface area contributed by atoms with E-state index >= 15 is 0 Å². The number of esters is 2. The van der Waals surface area contributed by atoms with Gasteiger partial charge in [-0.2, -0.15) is 0 Å². The molecule has 2 unspecified atom stereocenters. The van der Waals surface area contributed by atoms with Gasteiger partial charge in [0.15, 0.2) is 6.10 Å². The van der Waals surface area contributed by atoms with Crippen LogP contribution in [-0.2, 0) is 33.3 Å². The molecule has 0 aliphatic heterocycles. The quantitative estimate of drug-likeness (QED) is 0.0211. The summed E-state index contributed by atoms with van der Waals surface area (Å²) in [5, 5.41) is 9.75. The van der Waals surface area contributed by atoms with Gasteiger partial charge in [-0.05, 0) is 154 Å². The Morgan fingerprint density at radius 3 is 0.860 bits per heavy atom. The fraction of sp³-hybridized carbons (Fsp3) is 0.536. The van der Waals surface area contributed by atoms with Crippen molar-refractivity contribution in [1.82, 2.24) is 0 Å². The summed E-state index contributed by atoms with van der Waals surface area (Å²) < 4.78 is 22.9.